The van der Waals surface area contributed by atoms with Crippen LogP contribution in [0.1, 0.15) is 10.4 Å². The van der Waals surface area contributed by atoms with Crippen molar-refractivity contribution in [1.82, 2.24) is 19.7 Å². The van der Waals surface area contributed by atoms with Gasteiger partial charge in [0.05, 0.1) is 17.4 Å². The van der Waals surface area contributed by atoms with E-state index in [1.807, 2.05) is 12.1 Å². The maximum Gasteiger partial charge on any atom is 0.257 e. The summed E-state index contributed by atoms with van der Waals surface area (Å²) in [6.45, 7) is 0. The second-order valence-electron chi connectivity index (χ2n) is 4.27. The highest BCUT2D eigenvalue weighted by Crippen LogP contribution is 2.14. The smallest absolute Gasteiger partial charge is 0.257 e. The van der Waals surface area contributed by atoms with Crippen molar-refractivity contribution in [3.8, 4) is 11.4 Å². The minimum absolute atomic E-state index is 0.0517. The van der Waals surface area contributed by atoms with E-state index < -0.39 is 0 Å². The zero-order valence-electron chi connectivity index (χ0n) is 10.8. The number of anilines is 1. The summed E-state index contributed by atoms with van der Waals surface area (Å²) in [6, 6.07) is 8.48. The first-order chi connectivity index (χ1) is 10.2. The fraction of sp³-hybridized carbons (Fsp3) is 0. The number of hydrogen-bond acceptors (Lipinski definition) is 5. The van der Waals surface area contributed by atoms with E-state index in [4.69, 9.17) is 0 Å². The van der Waals surface area contributed by atoms with E-state index in [0.29, 0.717) is 5.69 Å². The standard InChI is InChI=1S/C14H11N5O2/c20-13-5-10(6-15-7-13)14(21)18-11-1-3-12(4-2-11)19-9-16-8-17-19/h1-9,20H,(H,18,21). The monoisotopic (exact) mass is 281 g/mol. The lowest BCUT2D eigenvalue weighted by Crippen LogP contribution is -2.12. The van der Waals surface area contributed by atoms with Gasteiger partial charge in [0, 0.05) is 11.9 Å². The summed E-state index contributed by atoms with van der Waals surface area (Å²) in [5.74, 6) is -0.393. The van der Waals surface area contributed by atoms with Crippen LogP contribution in [0, 0.1) is 0 Å². The minimum Gasteiger partial charge on any atom is -0.506 e. The Morgan fingerprint density at radius 3 is 2.62 bits per heavy atom. The summed E-state index contributed by atoms with van der Waals surface area (Å²) in [6.07, 6.45) is 5.69. The van der Waals surface area contributed by atoms with Crippen molar-refractivity contribution >= 4 is 11.6 Å². The maximum absolute atomic E-state index is 12.0. The third-order valence-electron chi connectivity index (χ3n) is 2.79. The molecule has 7 heteroatoms. The molecule has 2 heterocycles. The Kier molecular flexibility index (Phi) is 3.30. The van der Waals surface area contributed by atoms with Gasteiger partial charge in [-0.15, -0.1) is 0 Å². The number of aromatic nitrogens is 4. The Morgan fingerprint density at radius 1 is 1.14 bits per heavy atom. The molecule has 2 aromatic heterocycles. The molecule has 2 N–H and O–H groups in total. The van der Waals surface area contributed by atoms with Crippen LogP contribution in [0.3, 0.4) is 0 Å². The number of aromatic hydroxyl groups is 1. The summed E-state index contributed by atoms with van der Waals surface area (Å²) in [4.78, 5) is 19.6. The molecule has 0 aliphatic heterocycles. The molecule has 0 unspecified atom stereocenters. The number of nitrogens with one attached hydrogen (secondary N) is 1. The molecule has 0 saturated heterocycles. The summed E-state index contributed by atoms with van der Waals surface area (Å²) in [5, 5.41) is 16.1. The Hall–Kier alpha value is -3.22. The van der Waals surface area contributed by atoms with E-state index in [0.717, 1.165) is 5.69 Å². The van der Waals surface area contributed by atoms with Crippen molar-refractivity contribution in [3.63, 3.8) is 0 Å². The summed E-state index contributed by atoms with van der Waals surface area (Å²) in [7, 11) is 0. The van der Waals surface area contributed by atoms with Crippen molar-refractivity contribution < 1.29 is 9.90 Å². The molecule has 3 rings (SSSR count). The fourth-order valence-corrected chi connectivity index (χ4v) is 1.79. The van der Waals surface area contributed by atoms with Gasteiger partial charge in [0.1, 0.15) is 18.4 Å². The van der Waals surface area contributed by atoms with Gasteiger partial charge in [0.25, 0.3) is 5.91 Å². The molecule has 1 amide bonds. The number of benzene rings is 1. The largest absolute Gasteiger partial charge is 0.506 e. The molecule has 0 spiro atoms. The summed E-state index contributed by atoms with van der Waals surface area (Å²) >= 11 is 0. The molecule has 0 aliphatic carbocycles. The highest BCUT2D eigenvalue weighted by Gasteiger charge is 2.07. The normalized spacial score (nSPS) is 10.3. The van der Waals surface area contributed by atoms with Crippen LogP contribution in [-0.2, 0) is 0 Å². The molecule has 0 bridgehead atoms. The molecule has 0 atom stereocenters. The van der Waals surface area contributed by atoms with Gasteiger partial charge < -0.3 is 10.4 Å². The van der Waals surface area contributed by atoms with Gasteiger partial charge in [0.2, 0.25) is 0 Å². The van der Waals surface area contributed by atoms with Crippen molar-refractivity contribution in [3.05, 3.63) is 60.9 Å². The predicted molar refractivity (Wildman–Crippen MR) is 75.2 cm³/mol. The van der Waals surface area contributed by atoms with E-state index >= 15 is 0 Å². The van der Waals surface area contributed by atoms with Crippen LogP contribution in [0.2, 0.25) is 0 Å². The Labute approximate surface area is 119 Å². The lowest BCUT2D eigenvalue weighted by atomic mass is 10.2. The Morgan fingerprint density at radius 2 is 1.95 bits per heavy atom. The first-order valence-electron chi connectivity index (χ1n) is 6.13. The highest BCUT2D eigenvalue weighted by atomic mass is 16.3. The number of pyridine rings is 1. The van der Waals surface area contributed by atoms with Crippen molar-refractivity contribution in [2.45, 2.75) is 0 Å². The molecule has 3 aromatic rings. The summed E-state index contributed by atoms with van der Waals surface area (Å²) in [5.41, 5.74) is 1.76. The van der Waals surface area contributed by atoms with E-state index in [2.05, 4.69) is 20.4 Å². The molecule has 104 valence electrons. The van der Waals surface area contributed by atoms with Gasteiger partial charge in [-0.05, 0) is 30.3 Å². The minimum atomic E-state index is -0.341. The van der Waals surface area contributed by atoms with Crippen molar-refractivity contribution in [2.24, 2.45) is 0 Å². The number of carbonyl (C=O) groups excluding carboxylic acids is 1. The van der Waals surface area contributed by atoms with Crippen LogP contribution in [0.15, 0.2) is 55.4 Å². The van der Waals surface area contributed by atoms with Gasteiger partial charge in [-0.1, -0.05) is 0 Å². The van der Waals surface area contributed by atoms with Gasteiger partial charge in [-0.3, -0.25) is 9.78 Å². The zero-order valence-corrected chi connectivity index (χ0v) is 10.8. The maximum atomic E-state index is 12.0. The predicted octanol–water partition coefficient (Wildman–Crippen LogP) is 1.62. The summed E-state index contributed by atoms with van der Waals surface area (Å²) < 4.78 is 1.62. The average Bonchev–Trinajstić information content (AvgIpc) is 3.02. The molecule has 0 fully saturated rings. The van der Waals surface area contributed by atoms with E-state index in [1.165, 1.54) is 24.8 Å². The third-order valence-corrected chi connectivity index (χ3v) is 2.79. The van der Waals surface area contributed by atoms with E-state index in [9.17, 15) is 9.90 Å². The van der Waals surface area contributed by atoms with Gasteiger partial charge in [0.15, 0.2) is 0 Å². The molecule has 0 aliphatic rings. The Balaban J connectivity index is 1.75. The highest BCUT2D eigenvalue weighted by molar-refractivity contribution is 6.04. The lowest BCUT2D eigenvalue weighted by Gasteiger charge is -2.06. The number of amides is 1. The number of hydrogen-bond donors (Lipinski definition) is 2. The topological polar surface area (TPSA) is 92.9 Å². The van der Waals surface area contributed by atoms with Crippen molar-refractivity contribution in [1.29, 1.82) is 0 Å². The van der Waals surface area contributed by atoms with Crippen LogP contribution < -0.4 is 5.32 Å². The second kappa shape index (κ2) is 5.41. The van der Waals surface area contributed by atoms with Crippen LogP contribution >= 0.6 is 0 Å². The Bertz CT molecular complexity index is 753. The van der Waals surface area contributed by atoms with E-state index in [1.54, 1.807) is 23.1 Å². The van der Waals surface area contributed by atoms with E-state index in [-0.39, 0.29) is 17.2 Å². The third kappa shape index (κ3) is 2.86. The lowest BCUT2D eigenvalue weighted by molar-refractivity contribution is 0.102. The van der Waals surface area contributed by atoms with Crippen molar-refractivity contribution in [2.75, 3.05) is 5.32 Å². The zero-order chi connectivity index (χ0) is 14.7. The number of rotatable bonds is 3. The molecule has 0 saturated carbocycles. The molecular weight excluding hydrogens is 270 g/mol. The fourth-order valence-electron chi connectivity index (χ4n) is 1.79. The first-order valence-corrected chi connectivity index (χ1v) is 6.13. The van der Waals surface area contributed by atoms with Gasteiger partial charge >= 0.3 is 0 Å². The second-order valence-corrected chi connectivity index (χ2v) is 4.27. The first kappa shape index (κ1) is 12.8. The number of nitrogens with zero attached hydrogens (tertiary/aromatic N) is 4. The number of carbonyl (C=O) groups is 1. The SMILES string of the molecule is O=C(Nc1ccc(-n2cncn2)cc1)c1cncc(O)c1. The molecule has 21 heavy (non-hydrogen) atoms. The van der Waals surface area contributed by atoms with Gasteiger partial charge in [-0.2, -0.15) is 5.10 Å². The van der Waals surface area contributed by atoms with Crippen LogP contribution in [0.4, 0.5) is 5.69 Å². The van der Waals surface area contributed by atoms with Crippen LogP contribution in [0.5, 0.6) is 5.75 Å². The molecule has 0 radical (unpaired) electrons. The molecular formula is C14H11N5O2. The molecule has 1 aromatic carbocycles. The average molecular weight is 281 g/mol. The van der Waals surface area contributed by atoms with Gasteiger partial charge in [-0.25, -0.2) is 9.67 Å². The van der Waals surface area contributed by atoms with Crippen LogP contribution in [-0.4, -0.2) is 30.8 Å². The molecule has 7 nitrogen and oxygen atoms in total. The quantitative estimate of drug-likeness (QED) is 0.761. The van der Waals surface area contributed by atoms with Crippen LogP contribution in [0.25, 0.3) is 5.69 Å².